The van der Waals surface area contributed by atoms with Crippen LogP contribution < -0.4 is 5.32 Å². The summed E-state index contributed by atoms with van der Waals surface area (Å²) in [5.74, 6) is 0.206. The van der Waals surface area contributed by atoms with Crippen molar-refractivity contribution in [1.29, 1.82) is 5.26 Å². The lowest BCUT2D eigenvalue weighted by molar-refractivity contribution is -0.112. The molecule has 274 valence electrons. The molecular weight excluding hydrogens is 687 g/mol. The molecule has 54 heavy (non-hydrogen) atoms. The summed E-state index contributed by atoms with van der Waals surface area (Å²) in [6.45, 7) is 9.04. The smallest absolute Gasteiger partial charge is 0.297 e. The SMILES string of the molecule is Cc1c(Nc2nc(C(F)F)nc3cc(CN4CCCC4)cnc23)cccc1-c1cccc(-c2nc3cc(CN4CCC(C=O)CC4)cc(C#N)c3o2)c1C. The van der Waals surface area contributed by atoms with E-state index in [2.05, 4.69) is 36.1 Å². The summed E-state index contributed by atoms with van der Waals surface area (Å²) in [5, 5.41) is 13.4. The largest absolute Gasteiger partial charge is 0.435 e. The third kappa shape index (κ3) is 7.05. The van der Waals surface area contributed by atoms with Gasteiger partial charge in [-0.3, -0.25) is 14.8 Å². The summed E-state index contributed by atoms with van der Waals surface area (Å²) in [6.07, 6.45) is 3.98. The van der Waals surface area contributed by atoms with Crippen molar-refractivity contribution in [3.63, 3.8) is 0 Å². The predicted octanol–water partition coefficient (Wildman–Crippen LogP) is 8.68. The number of carbonyl (C=O) groups is 1. The highest BCUT2D eigenvalue weighted by molar-refractivity contribution is 5.90. The highest BCUT2D eigenvalue weighted by Crippen LogP contribution is 2.38. The van der Waals surface area contributed by atoms with Crippen molar-refractivity contribution >= 4 is 39.9 Å². The van der Waals surface area contributed by atoms with E-state index in [1.807, 2.05) is 68.4 Å². The normalized spacial score (nSPS) is 15.7. The quantitative estimate of drug-likeness (QED) is 0.137. The Kier molecular flexibility index (Phi) is 9.84. The number of alkyl halides is 2. The molecule has 1 N–H and O–H groups in total. The second-order valence-corrected chi connectivity index (χ2v) is 14.4. The minimum Gasteiger partial charge on any atom is -0.435 e. The van der Waals surface area contributed by atoms with Gasteiger partial charge in [0.05, 0.1) is 11.1 Å². The second kappa shape index (κ2) is 15.0. The second-order valence-electron chi connectivity index (χ2n) is 14.4. The van der Waals surface area contributed by atoms with Crippen LogP contribution in [0, 0.1) is 31.1 Å². The number of nitrogens with one attached hydrogen (secondary N) is 1. The molecule has 0 radical (unpaired) electrons. The van der Waals surface area contributed by atoms with Crippen LogP contribution in [0.2, 0.25) is 0 Å². The number of carbonyl (C=O) groups excluding carboxylic acids is 1. The highest BCUT2D eigenvalue weighted by atomic mass is 19.3. The van der Waals surface area contributed by atoms with Gasteiger partial charge in [0.1, 0.15) is 23.4 Å². The zero-order valence-corrected chi connectivity index (χ0v) is 30.3. The van der Waals surface area contributed by atoms with Crippen LogP contribution in [-0.4, -0.2) is 62.2 Å². The molecule has 0 bridgehead atoms. The van der Waals surface area contributed by atoms with E-state index >= 15 is 0 Å². The van der Waals surface area contributed by atoms with Gasteiger partial charge in [-0.2, -0.15) is 5.26 Å². The number of piperidine rings is 1. The summed E-state index contributed by atoms with van der Waals surface area (Å²) in [5.41, 5.74) is 9.38. The third-order valence-corrected chi connectivity index (χ3v) is 10.8. The molecule has 0 saturated carbocycles. The van der Waals surface area contributed by atoms with Crippen molar-refractivity contribution in [3.05, 3.63) is 94.4 Å². The number of nitriles is 1. The van der Waals surface area contributed by atoms with Crippen LogP contribution in [0.15, 0.2) is 65.2 Å². The molecule has 0 spiro atoms. The average Bonchev–Trinajstić information content (AvgIpc) is 3.86. The van der Waals surface area contributed by atoms with Crippen LogP contribution in [0.3, 0.4) is 0 Å². The Hall–Kier alpha value is -5.64. The van der Waals surface area contributed by atoms with E-state index in [0.717, 1.165) is 97.1 Å². The highest BCUT2D eigenvalue weighted by Gasteiger charge is 2.23. The van der Waals surface area contributed by atoms with E-state index in [1.165, 1.54) is 0 Å². The number of aromatic nitrogens is 4. The number of likely N-dealkylation sites (tertiary alicyclic amines) is 2. The van der Waals surface area contributed by atoms with E-state index in [4.69, 9.17) is 9.40 Å². The molecule has 2 fully saturated rings. The van der Waals surface area contributed by atoms with Crippen LogP contribution in [0.4, 0.5) is 20.3 Å². The minimum atomic E-state index is -2.84. The van der Waals surface area contributed by atoms with Gasteiger partial charge in [0.15, 0.2) is 17.2 Å². The first-order valence-corrected chi connectivity index (χ1v) is 18.4. The standard InChI is InChI=1S/C42H40F2N8O2/c1-25-31(7-5-9-33(25)42-49-36-18-28(17-30(20-45)38(36)54-42)22-52-15-11-27(24-53)12-16-52)32-8-6-10-34(26(32)2)47-40-37-35(48-41(50-40)39(43)44)19-29(21-46-37)23-51-13-3-4-14-51/h5-10,17-19,21,24,27,39H,3-4,11-16,22-23H2,1-2H3,(H,47,48,50). The molecule has 6 aromatic rings. The Morgan fingerprint density at radius 1 is 0.889 bits per heavy atom. The van der Waals surface area contributed by atoms with Gasteiger partial charge in [0.25, 0.3) is 6.43 Å². The lowest BCUT2D eigenvalue weighted by Crippen LogP contribution is -2.33. The third-order valence-electron chi connectivity index (χ3n) is 10.8. The predicted molar refractivity (Wildman–Crippen MR) is 203 cm³/mol. The van der Waals surface area contributed by atoms with Crippen molar-refractivity contribution in [2.24, 2.45) is 5.92 Å². The molecule has 3 aromatic heterocycles. The van der Waals surface area contributed by atoms with E-state index < -0.39 is 12.2 Å². The molecule has 2 saturated heterocycles. The van der Waals surface area contributed by atoms with Gasteiger partial charge in [-0.1, -0.05) is 24.3 Å². The molecule has 3 aromatic carbocycles. The van der Waals surface area contributed by atoms with Gasteiger partial charge >= 0.3 is 0 Å². The van der Waals surface area contributed by atoms with Crippen LogP contribution in [0.25, 0.3) is 44.7 Å². The number of aldehydes is 1. The molecule has 5 heterocycles. The molecule has 0 amide bonds. The average molecular weight is 727 g/mol. The number of hydrogen-bond donors (Lipinski definition) is 1. The summed E-state index contributed by atoms with van der Waals surface area (Å²) in [4.78, 5) is 33.8. The fourth-order valence-corrected chi connectivity index (χ4v) is 7.78. The van der Waals surface area contributed by atoms with Crippen LogP contribution >= 0.6 is 0 Å². The summed E-state index contributed by atoms with van der Waals surface area (Å²) in [7, 11) is 0. The molecule has 8 rings (SSSR count). The van der Waals surface area contributed by atoms with E-state index in [9.17, 15) is 18.8 Å². The summed E-state index contributed by atoms with van der Waals surface area (Å²) in [6, 6.07) is 19.7. The first kappa shape index (κ1) is 35.4. The number of anilines is 2. The number of oxazole rings is 1. The van der Waals surface area contributed by atoms with E-state index in [0.29, 0.717) is 52.4 Å². The molecule has 0 aliphatic carbocycles. The Balaban J connectivity index is 1.10. The van der Waals surface area contributed by atoms with Gasteiger partial charge < -0.3 is 14.5 Å². The number of rotatable bonds is 10. The van der Waals surface area contributed by atoms with Crippen molar-refractivity contribution < 1.29 is 18.0 Å². The molecule has 0 unspecified atom stereocenters. The maximum absolute atomic E-state index is 14.1. The minimum absolute atomic E-state index is 0.119. The first-order valence-electron chi connectivity index (χ1n) is 18.4. The fourth-order valence-electron chi connectivity index (χ4n) is 7.78. The number of pyridine rings is 1. The van der Waals surface area contributed by atoms with Crippen molar-refractivity contribution in [1.82, 2.24) is 29.7 Å². The zero-order chi connectivity index (χ0) is 37.3. The Morgan fingerprint density at radius 2 is 1.57 bits per heavy atom. The van der Waals surface area contributed by atoms with Crippen molar-refractivity contribution in [2.75, 3.05) is 31.5 Å². The van der Waals surface area contributed by atoms with Gasteiger partial charge in [-0.25, -0.2) is 23.7 Å². The van der Waals surface area contributed by atoms with Gasteiger partial charge in [0.2, 0.25) is 5.89 Å². The maximum atomic E-state index is 14.1. The van der Waals surface area contributed by atoms with Crippen molar-refractivity contribution in [3.8, 4) is 28.7 Å². The topological polar surface area (TPSA) is 124 Å². The molecular formula is C42H40F2N8O2. The van der Waals surface area contributed by atoms with E-state index in [-0.39, 0.29) is 11.7 Å². The lowest BCUT2D eigenvalue weighted by atomic mass is 9.93. The molecule has 2 aliphatic rings. The zero-order valence-electron chi connectivity index (χ0n) is 30.3. The monoisotopic (exact) mass is 726 g/mol. The first-order chi connectivity index (χ1) is 26.3. The fraction of sp³-hybridized carbons (Fsp3) is 0.333. The Morgan fingerprint density at radius 3 is 2.31 bits per heavy atom. The van der Waals surface area contributed by atoms with Gasteiger partial charge in [0, 0.05) is 36.5 Å². The summed E-state index contributed by atoms with van der Waals surface area (Å²) < 4.78 is 34.4. The summed E-state index contributed by atoms with van der Waals surface area (Å²) >= 11 is 0. The van der Waals surface area contributed by atoms with Gasteiger partial charge in [-0.15, -0.1) is 0 Å². The number of nitrogens with zero attached hydrogens (tertiary/aromatic N) is 7. The van der Waals surface area contributed by atoms with Crippen LogP contribution in [0.1, 0.15) is 65.8 Å². The van der Waals surface area contributed by atoms with Crippen LogP contribution in [-0.2, 0) is 17.9 Å². The number of halogens is 2. The van der Waals surface area contributed by atoms with Crippen LogP contribution in [0.5, 0.6) is 0 Å². The molecule has 12 heteroatoms. The van der Waals surface area contributed by atoms with E-state index in [1.54, 1.807) is 6.20 Å². The molecule has 0 atom stereocenters. The lowest BCUT2D eigenvalue weighted by Gasteiger charge is -2.29. The molecule has 2 aliphatic heterocycles. The number of benzene rings is 3. The maximum Gasteiger partial charge on any atom is 0.297 e. The van der Waals surface area contributed by atoms with Crippen molar-refractivity contribution in [2.45, 2.75) is 59.0 Å². The van der Waals surface area contributed by atoms with Gasteiger partial charge in [-0.05, 0) is 129 Å². The Bertz CT molecular complexity index is 2410. The molecule has 10 nitrogen and oxygen atoms in total. The Labute approximate surface area is 311 Å². The number of hydrogen-bond acceptors (Lipinski definition) is 10. The number of fused-ring (bicyclic) bond motifs is 2.